The minimum atomic E-state index is 0. The molecule has 0 bridgehead atoms. The summed E-state index contributed by atoms with van der Waals surface area (Å²) in [6.07, 6.45) is 0. The third-order valence-electron chi connectivity index (χ3n) is 0.0674. The van der Waals surface area contributed by atoms with E-state index in [0.717, 1.165) is 0 Å². The maximum absolute atomic E-state index is 7.55. The van der Waals surface area contributed by atoms with E-state index in [1.807, 2.05) is 0 Å². The van der Waals surface area contributed by atoms with E-state index in [1.165, 1.54) is 0 Å². The zero-order valence-electron chi connectivity index (χ0n) is 2.50. The number of rotatable bonds is 0. The Hall–Kier alpha value is 0.0190. The summed E-state index contributed by atoms with van der Waals surface area (Å²) in [5, 5.41) is 15.1. The predicted octanol–water partition coefficient (Wildman–Crippen LogP) is 0.0286. The Labute approximate surface area is 52.8 Å². The van der Waals surface area contributed by atoms with Gasteiger partial charge in [-0.3, -0.25) is 0 Å². The van der Waals surface area contributed by atoms with Gasteiger partial charge in [0.2, 0.25) is 0 Å². The molecular formula is C2Cu2N2. The molecule has 0 spiro atoms. The van der Waals surface area contributed by atoms with Crippen molar-refractivity contribution in [3.05, 3.63) is 0 Å². The molecule has 0 saturated heterocycles. The first-order valence-corrected chi connectivity index (χ1v) is 1.69. The largest absolute Gasteiger partial charge is 0 e. The first kappa shape index (κ1) is 9.39. The summed E-state index contributed by atoms with van der Waals surface area (Å²) in [5.74, 6) is 0. The Morgan fingerprint density at radius 3 is 1.50 bits per heavy atom. The second kappa shape index (κ2) is 8.89. The van der Waals surface area contributed by atoms with Crippen molar-refractivity contribution in [1.82, 2.24) is 0 Å². The van der Waals surface area contributed by atoms with Crippen LogP contribution in [0.2, 0.25) is 0 Å². The van der Waals surface area contributed by atoms with E-state index < -0.39 is 0 Å². The van der Waals surface area contributed by atoms with Gasteiger partial charge >= 0.3 is 35.4 Å². The van der Waals surface area contributed by atoms with Crippen LogP contribution in [0.3, 0.4) is 0 Å². The van der Waals surface area contributed by atoms with Gasteiger partial charge in [-0.25, -0.2) is 0 Å². The van der Waals surface area contributed by atoms with Gasteiger partial charge in [0.05, 0.1) is 0 Å². The zero-order chi connectivity index (χ0) is 4.12. The van der Waals surface area contributed by atoms with Crippen LogP contribution in [0, 0.1) is 20.5 Å². The maximum atomic E-state index is 7.55. The van der Waals surface area contributed by atoms with Crippen molar-refractivity contribution in [2.24, 2.45) is 0 Å². The van der Waals surface area contributed by atoms with E-state index >= 15 is 0 Å². The predicted molar refractivity (Wildman–Crippen MR) is 11.2 cm³/mol. The van der Waals surface area contributed by atoms with Gasteiger partial charge in [-0.05, 0) is 0 Å². The standard InChI is InChI=1S/2CN.2Cu/c2*1-2;;. The van der Waals surface area contributed by atoms with Crippen LogP contribution in [0.4, 0.5) is 0 Å². The van der Waals surface area contributed by atoms with E-state index in [9.17, 15) is 0 Å². The van der Waals surface area contributed by atoms with E-state index in [2.05, 4.69) is 0 Å². The fourth-order valence-electron chi connectivity index (χ4n) is 0.0151. The van der Waals surface area contributed by atoms with Gasteiger partial charge in [-0.15, -0.1) is 0 Å². The SMILES string of the molecule is N#[C][Cu][C]#N.[Cu]. The summed E-state index contributed by atoms with van der Waals surface area (Å²) in [4.78, 5) is 3.12. The second-order valence-electron chi connectivity index (χ2n) is 0.210. The first-order valence-electron chi connectivity index (χ1n) is 0.749. The molecule has 2 nitrogen and oxygen atoms in total. The Balaban J connectivity index is 0. The normalized spacial score (nSPS) is 4.33. The summed E-state index contributed by atoms with van der Waals surface area (Å²) in [5.41, 5.74) is 0. The van der Waals surface area contributed by atoms with Gasteiger partial charge in [0.15, 0.2) is 0 Å². The van der Waals surface area contributed by atoms with Crippen molar-refractivity contribution in [3.63, 3.8) is 0 Å². The molecule has 0 aromatic heterocycles. The topological polar surface area (TPSA) is 47.6 Å². The molecule has 0 saturated carbocycles. The maximum Gasteiger partial charge on any atom is 0 e. The monoisotopic (exact) mass is 178 g/mol. The van der Waals surface area contributed by atoms with Gasteiger partial charge < -0.3 is 0 Å². The summed E-state index contributed by atoms with van der Waals surface area (Å²) in [6, 6.07) is 0. The smallest absolute Gasteiger partial charge is 0 e. The van der Waals surface area contributed by atoms with E-state index in [0.29, 0.717) is 15.0 Å². The molecule has 0 unspecified atom stereocenters. The third kappa shape index (κ3) is 8.99. The zero-order valence-corrected chi connectivity index (χ0v) is 4.38. The molecule has 0 rings (SSSR count). The summed E-state index contributed by atoms with van der Waals surface area (Å²) >= 11 is 0.646. The van der Waals surface area contributed by atoms with Crippen LogP contribution >= 0.6 is 0 Å². The number of nitrogens with zero attached hydrogens (tertiary/aromatic N) is 2. The molecule has 0 N–H and O–H groups in total. The average molecular weight is 179 g/mol. The number of hydrogen-bond donors (Lipinski definition) is 0. The van der Waals surface area contributed by atoms with E-state index in [1.54, 1.807) is 9.94 Å². The van der Waals surface area contributed by atoms with Crippen molar-refractivity contribution in [1.29, 1.82) is 10.5 Å². The first-order chi connectivity index (χ1) is 2.41. The van der Waals surface area contributed by atoms with Gasteiger partial charge in [0.1, 0.15) is 0 Å². The summed E-state index contributed by atoms with van der Waals surface area (Å²) in [6.45, 7) is 0. The minimum Gasteiger partial charge on any atom is 0 e. The average Bonchev–Trinajstić information content (AvgIpc) is 1.41. The fraction of sp³-hybridized carbons (Fsp3) is 0. The van der Waals surface area contributed by atoms with Crippen molar-refractivity contribution in [2.75, 3.05) is 0 Å². The molecule has 6 heavy (non-hydrogen) atoms. The van der Waals surface area contributed by atoms with Crippen LogP contribution in [0.15, 0.2) is 0 Å². The molecule has 0 heterocycles. The number of hydrogen-bond acceptors (Lipinski definition) is 2. The van der Waals surface area contributed by atoms with Crippen LogP contribution in [0.1, 0.15) is 0 Å². The van der Waals surface area contributed by atoms with Crippen molar-refractivity contribution < 1.29 is 32.0 Å². The molecule has 40 valence electrons. The Morgan fingerprint density at radius 2 is 1.50 bits per heavy atom. The van der Waals surface area contributed by atoms with Gasteiger partial charge in [0.25, 0.3) is 0 Å². The quantitative estimate of drug-likeness (QED) is 0.492. The van der Waals surface area contributed by atoms with Crippen LogP contribution < -0.4 is 0 Å². The summed E-state index contributed by atoms with van der Waals surface area (Å²) in [7, 11) is 0. The van der Waals surface area contributed by atoms with Gasteiger partial charge in [-0.2, -0.15) is 0 Å². The van der Waals surface area contributed by atoms with Gasteiger partial charge in [-0.1, -0.05) is 0 Å². The molecule has 0 amide bonds. The van der Waals surface area contributed by atoms with Crippen molar-refractivity contribution >= 4 is 0 Å². The molecule has 4 heteroatoms. The Morgan fingerprint density at radius 1 is 1.17 bits per heavy atom. The Bertz CT molecular complexity index is 74.7. The Kier molecular flexibility index (Phi) is 13.9. The minimum absolute atomic E-state index is 0. The van der Waals surface area contributed by atoms with Crippen molar-refractivity contribution in [2.45, 2.75) is 0 Å². The fourth-order valence-corrected chi connectivity index (χ4v) is 0.0622. The molecular weight excluding hydrogens is 179 g/mol. The van der Waals surface area contributed by atoms with E-state index in [4.69, 9.17) is 10.5 Å². The molecule has 0 aromatic carbocycles. The van der Waals surface area contributed by atoms with Crippen LogP contribution in [0.25, 0.3) is 0 Å². The second-order valence-corrected chi connectivity index (χ2v) is 0.867. The van der Waals surface area contributed by atoms with Crippen molar-refractivity contribution in [3.8, 4) is 9.94 Å². The molecule has 1 radical (unpaired) electrons. The molecule has 0 fully saturated rings. The van der Waals surface area contributed by atoms with Crippen LogP contribution in [0.5, 0.6) is 0 Å². The molecule has 0 aliphatic heterocycles. The molecule has 0 aromatic rings. The molecule has 0 aliphatic carbocycles. The molecule has 0 atom stereocenters. The summed E-state index contributed by atoms with van der Waals surface area (Å²) < 4.78 is 0. The van der Waals surface area contributed by atoms with E-state index in [-0.39, 0.29) is 17.1 Å². The van der Waals surface area contributed by atoms with Crippen LogP contribution in [-0.2, 0) is 32.0 Å². The third-order valence-corrected chi connectivity index (χ3v) is 0.278. The van der Waals surface area contributed by atoms with Gasteiger partial charge in [0, 0.05) is 17.1 Å². The number of nitriles is 2. The molecule has 0 aliphatic rings. The van der Waals surface area contributed by atoms with Crippen LogP contribution in [-0.4, -0.2) is 0 Å².